The van der Waals surface area contributed by atoms with Crippen molar-refractivity contribution in [1.29, 1.82) is 0 Å². The number of nitrogens with zero attached hydrogens (tertiary/aromatic N) is 3. The number of carbonyl (C=O) groups excluding carboxylic acids is 1. The van der Waals surface area contributed by atoms with Crippen molar-refractivity contribution in [2.45, 2.75) is 416 Å². The van der Waals surface area contributed by atoms with E-state index in [0.29, 0.717) is 60.6 Å². The zero-order valence-corrected chi connectivity index (χ0v) is 94.3. The number of sulfone groups is 5. The maximum Gasteiger partial charge on any atom is 0.305 e. The summed E-state index contributed by atoms with van der Waals surface area (Å²) < 4.78 is 129. The van der Waals surface area contributed by atoms with E-state index in [4.69, 9.17) is 19.7 Å². The van der Waals surface area contributed by atoms with Crippen LogP contribution in [-0.4, -0.2) is 207 Å². The quantitative estimate of drug-likeness (QED) is 0.0160. The van der Waals surface area contributed by atoms with E-state index in [1.54, 1.807) is 104 Å². The topological polar surface area (TPSA) is 314 Å². The third kappa shape index (κ3) is 51.6. The summed E-state index contributed by atoms with van der Waals surface area (Å²) in [5.74, 6) is 0.616. The number of benzene rings is 5. The highest BCUT2D eigenvalue weighted by Crippen LogP contribution is 2.32. The van der Waals surface area contributed by atoms with Crippen LogP contribution in [0.4, 0.5) is 17.1 Å². The molecule has 2 fully saturated rings. The van der Waals surface area contributed by atoms with E-state index in [1.807, 2.05) is 17.0 Å². The number of hydrogen-bond acceptors (Lipinski definition) is 20. The minimum atomic E-state index is -2.99. The molecule has 2 saturated heterocycles. The second-order valence-electron chi connectivity index (χ2n) is 44.1. The molecule has 138 heavy (non-hydrogen) atoms. The standard InChI is InChI=1S/C26H47NO3SSi.C22H36O4S.C21H37NO4S.C21H35NO3S.C21H34O4S/c1-22(2)32(6,7)30-25-18-19-27(21-25)24-16-14-23(15-17-24)13-11-9-8-10-12-20-31(28,29)26(3,4)5;1-22(2,3)27(24,25)18-9-7-5-6-8-11-19-14-16-20(17-15-19)12-10-13-21(23)26-4;1-21(2,3)27(25,26)18-8-6-4-5-7-9-19-10-12-20(13-11-19)22(14-16-23)15-17-24;1-21(2,3)26(24,25)16-8-6-4-5-7-9-18-10-12-19(13-11-18)22-15-14-20(23)17-22;1-21(2,3)26(24,25)17-8-6-4-5-7-10-18-13-15-19(16-14-18)11-9-12-20(22)23/h14-17,22,25H,8-13,18-21H2,1-7H3;14-17H,5-13,18H2,1-4H3;10-13,23-24H,4-9,14-18H2,1-3H3;10-13,20,23H,4-9,14-17H2,1-3H3;13-16H,4-12,17H2,1-3H3,(H,22,23). The lowest BCUT2D eigenvalue weighted by Gasteiger charge is -2.30. The summed E-state index contributed by atoms with van der Waals surface area (Å²) in [6, 6.07) is 43.1. The second-order valence-corrected chi connectivity index (χ2v) is 63.0. The summed E-state index contributed by atoms with van der Waals surface area (Å²) in [4.78, 5) is 28.3. The summed E-state index contributed by atoms with van der Waals surface area (Å²) in [5, 5.41) is 36.5. The Kier molecular flexibility index (Phi) is 58.2. The normalized spacial score (nSPS) is 14.8. The van der Waals surface area contributed by atoms with Gasteiger partial charge in [-0.15, -0.1) is 0 Å². The molecule has 0 aliphatic carbocycles. The van der Waals surface area contributed by atoms with Gasteiger partial charge in [0.25, 0.3) is 0 Å². The van der Waals surface area contributed by atoms with E-state index < -0.39 is 87.2 Å². The van der Waals surface area contributed by atoms with Crippen molar-refractivity contribution in [2.75, 3.05) is 103 Å². The maximum atomic E-state index is 12.1. The molecule has 2 heterocycles. The van der Waals surface area contributed by atoms with Crippen molar-refractivity contribution in [2.24, 2.45) is 0 Å². The van der Waals surface area contributed by atoms with E-state index in [9.17, 15) is 56.8 Å². The number of methoxy groups -OCH3 is 1. The Morgan fingerprint density at radius 3 is 0.848 bits per heavy atom. The van der Waals surface area contributed by atoms with Crippen LogP contribution < -0.4 is 14.7 Å². The SMILES string of the molecule is CC(C)(C)S(=O)(=O)CCCCCCCc1ccc(CCCC(=O)O)cc1.CC(C)(C)S(=O)(=O)CCCCCCCc1ccc(N(CCO)CCO)cc1.CC(C)(C)S(=O)(=O)CCCCCCCc1ccc(N2CCC(O)C2)cc1.CC(C)[Si](C)(C)OC1CCN(c2ccc(CCCCCCCS(=O)(=O)C(C)(C)C)cc2)C1.COC(=O)CCCc1ccc(CCCCCCCS(=O)(=O)C(C)(C)C)cc1. The van der Waals surface area contributed by atoms with E-state index in [0.717, 1.165) is 250 Å². The molecule has 2 unspecified atom stereocenters. The van der Waals surface area contributed by atoms with Crippen molar-refractivity contribution in [1.82, 2.24) is 0 Å². The molecule has 4 N–H and O–H groups in total. The van der Waals surface area contributed by atoms with Crippen molar-refractivity contribution in [3.8, 4) is 0 Å². The van der Waals surface area contributed by atoms with E-state index >= 15 is 0 Å². The van der Waals surface area contributed by atoms with Gasteiger partial charge in [-0.25, -0.2) is 42.1 Å². The van der Waals surface area contributed by atoms with E-state index in [-0.39, 0.29) is 37.5 Å². The lowest BCUT2D eigenvalue weighted by Crippen LogP contribution is -2.39. The van der Waals surface area contributed by atoms with Gasteiger partial charge in [-0.05, 0) is 333 Å². The number of aliphatic carboxylic acids is 1. The zero-order valence-electron chi connectivity index (χ0n) is 89.2. The average Bonchev–Trinajstić information content (AvgIpc) is 1.69. The Bertz CT molecular complexity index is 4760. The predicted molar refractivity (Wildman–Crippen MR) is 583 cm³/mol. The Hall–Kier alpha value is -5.75. The van der Waals surface area contributed by atoms with Crippen LogP contribution in [0.2, 0.25) is 18.6 Å². The molecule has 0 amide bonds. The Labute approximate surface area is 841 Å². The first-order valence-electron chi connectivity index (χ1n) is 52.1. The van der Waals surface area contributed by atoms with Crippen LogP contribution in [0.15, 0.2) is 121 Å². The molecule has 0 aromatic heterocycles. The summed E-state index contributed by atoms with van der Waals surface area (Å²) in [6.45, 7) is 40.8. The molecule has 790 valence electrons. The van der Waals surface area contributed by atoms with Crippen LogP contribution in [0.3, 0.4) is 0 Å². The van der Waals surface area contributed by atoms with Crippen LogP contribution in [0, 0.1) is 0 Å². The number of unbranched alkanes of at least 4 members (excludes halogenated alkanes) is 20. The molecule has 2 atom stereocenters. The van der Waals surface area contributed by atoms with Crippen LogP contribution in [0.25, 0.3) is 0 Å². The first-order chi connectivity index (χ1) is 64.5. The maximum absolute atomic E-state index is 12.1. The minimum Gasteiger partial charge on any atom is -0.481 e. The number of ether oxygens (including phenoxy) is 1. The smallest absolute Gasteiger partial charge is 0.305 e. The number of aryl methyl sites for hydroxylation is 7. The van der Waals surface area contributed by atoms with Crippen LogP contribution in [0.5, 0.6) is 0 Å². The molecule has 5 aromatic carbocycles. The van der Waals surface area contributed by atoms with Gasteiger partial charge in [-0.2, -0.15) is 0 Å². The third-order valence-corrected chi connectivity index (χ3v) is 44.0. The highest BCUT2D eigenvalue weighted by molar-refractivity contribution is 7.93. The number of β-amino-alcohol motifs (C(OH)–C–C–N with tert-alkyl or cyclic N) is 1. The number of esters is 1. The van der Waals surface area contributed by atoms with Crippen molar-refractivity contribution < 1.29 is 81.3 Å². The lowest BCUT2D eigenvalue weighted by atomic mass is 10.0. The van der Waals surface area contributed by atoms with Gasteiger partial charge >= 0.3 is 11.9 Å². The van der Waals surface area contributed by atoms with E-state index in [1.165, 1.54) is 63.8 Å². The molecule has 0 bridgehead atoms. The Morgan fingerprint density at radius 2 is 0.601 bits per heavy atom. The fraction of sp³-hybridized carbons (Fsp3) is 0.712. The molecule has 5 aromatic rings. The highest BCUT2D eigenvalue weighted by atomic mass is 32.2. The number of aliphatic hydroxyl groups is 3. The first-order valence-corrected chi connectivity index (χ1v) is 63.4. The molecule has 0 radical (unpaired) electrons. The monoisotopic (exact) mass is 2040 g/mol. The second kappa shape index (κ2) is 63.5. The number of rotatable bonds is 58. The Balaban J connectivity index is 0.000000445. The van der Waals surface area contributed by atoms with Crippen LogP contribution in [-0.2, 0) is 113 Å². The highest BCUT2D eigenvalue weighted by Gasteiger charge is 2.36. The van der Waals surface area contributed by atoms with Gasteiger partial charge in [-0.3, -0.25) is 9.59 Å². The molecule has 2 aliphatic heterocycles. The van der Waals surface area contributed by atoms with Gasteiger partial charge in [0.15, 0.2) is 57.5 Å². The van der Waals surface area contributed by atoms with Gasteiger partial charge in [-0.1, -0.05) is 195 Å². The third-order valence-electron chi connectivity index (χ3n) is 26.8. The molecular formula is C111H189N3O18S5Si. The number of aliphatic hydroxyl groups excluding tert-OH is 3. The zero-order chi connectivity index (χ0) is 104. The fourth-order valence-corrected chi connectivity index (χ4v) is 23.2. The van der Waals surface area contributed by atoms with E-state index in [2.05, 4.69) is 151 Å². The number of carboxylic acids is 1. The van der Waals surface area contributed by atoms with Crippen molar-refractivity contribution in [3.05, 3.63) is 160 Å². The summed E-state index contributed by atoms with van der Waals surface area (Å²) in [5.41, 5.74) is 13.3. The van der Waals surface area contributed by atoms with Gasteiger partial charge in [0.2, 0.25) is 0 Å². The summed E-state index contributed by atoms with van der Waals surface area (Å²) in [7, 11) is -15.1. The lowest BCUT2D eigenvalue weighted by molar-refractivity contribution is -0.140. The average molecular weight is 2040 g/mol. The first kappa shape index (κ1) is 126. The molecule has 21 nitrogen and oxygen atoms in total. The number of carbonyl (C=O) groups is 2. The van der Waals surface area contributed by atoms with Gasteiger partial charge < -0.3 is 44.3 Å². The van der Waals surface area contributed by atoms with Gasteiger partial charge in [0, 0.05) is 69.2 Å². The number of carboxylic acid groups (broad SMARTS) is 1. The molecular weight excluding hydrogens is 1850 g/mol. The van der Waals surface area contributed by atoms with Gasteiger partial charge in [0.1, 0.15) is 0 Å². The largest absolute Gasteiger partial charge is 0.481 e. The molecule has 0 spiro atoms. The van der Waals surface area contributed by atoms with Crippen molar-refractivity contribution in [3.63, 3.8) is 0 Å². The van der Waals surface area contributed by atoms with Crippen LogP contribution in [0.1, 0.15) is 356 Å². The van der Waals surface area contributed by atoms with Gasteiger partial charge in [0.05, 0.1) is 85.0 Å². The predicted octanol–water partition coefficient (Wildman–Crippen LogP) is 23.4. The molecule has 27 heteroatoms. The minimum absolute atomic E-state index is 0.0683. The molecule has 0 saturated carbocycles. The molecule has 7 rings (SSSR count). The number of hydrogen-bond donors (Lipinski definition) is 4. The number of anilines is 3. The molecule has 2 aliphatic rings. The Morgan fingerprint density at radius 1 is 0.362 bits per heavy atom. The fourth-order valence-electron chi connectivity index (χ4n) is 15.8. The van der Waals surface area contributed by atoms with Crippen LogP contribution >= 0.6 is 0 Å². The summed E-state index contributed by atoms with van der Waals surface area (Å²) >= 11 is 0. The van der Waals surface area contributed by atoms with Crippen molar-refractivity contribution >= 4 is 86.5 Å². The summed E-state index contributed by atoms with van der Waals surface area (Å²) in [6.07, 6.45) is 36.9.